The van der Waals surface area contributed by atoms with E-state index < -0.39 is 11.5 Å². The molecule has 0 aliphatic rings. The standard InChI is InChI=1S/C19H17N3O3/c1-13-10-15(6-9-17(13)21-3)22-18(23)19(2,24)12-25-16-7-4-14(11-20)5-8-16/h4-10,24H,12H2,1-2H3,(H,22,23)/t19-/m0/s1. The Hall–Kier alpha value is -3.35. The predicted molar refractivity (Wildman–Crippen MR) is 93.3 cm³/mol. The molecule has 0 aromatic heterocycles. The maximum absolute atomic E-state index is 12.3. The van der Waals surface area contributed by atoms with E-state index in [1.807, 2.05) is 6.07 Å². The summed E-state index contributed by atoms with van der Waals surface area (Å²) in [6, 6.07) is 13.3. The van der Waals surface area contributed by atoms with E-state index in [9.17, 15) is 9.90 Å². The number of benzene rings is 2. The van der Waals surface area contributed by atoms with E-state index in [0.29, 0.717) is 22.7 Å². The van der Waals surface area contributed by atoms with Gasteiger partial charge in [0.05, 0.1) is 18.2 Å². The predicted octanol–water partition coefficient (Wildman–Crippen LogP) is 3.19. The van der Waals surface area contributed by atoms with Crippen molar-refractivity contribution in [1.82, 2.24) is 0 Å². The van der Waals surface area contributed by atoms with Crippen molar-refractivity contribution >= 4 is 17.3 Å². The van der Waals surface area contributed by atoms with Crippen LogP contribution in [0.1, 0.15) is 18.1 Å². The number of hydrogen-bond donors (Lipinski definition) is 2. The van der Waals surface area contributed by atoms with E-state index in [1.165, 1.54) is 6.92 Å². The molecule has 2 rings (SSSR count). The zero-order valence-corrected chi connectivity index (χ0v) is 13.9. The van der Waals surface area contributed by atoms with Crippen LogP contribution in [0.2, 0.25) is 0 Å². The Morgan fingerprint density at radius 2 is 2.04 bits per heavy atom. The molecule has 2 N–H and O–H groups in total. The first-order chi connectivity index (χ1) is 11.9. The van der Waals surface area contributed by atoms with Crippen LogP contribution in [0.15, 0.2) is 42.5 Å². The third-order valence-electron chi connectivity index (χ3n) is 3.57. The van der Waals surface area contributed by atoms with E-state index >= 15 is 0 Å². The van der Waals surface area contributed by atoms with Gasteiger partial charge in [0.1, 0.15) is 12.4 Å². The van der Waals surface area contributed by atoms with Crippen molar-refractivity contribution in [1.29, 1.82) is 5.26 Å². The van der Waals surface area contributed by atoms with Gasteiger partial charge >= 0.3 is 0 Å². The highest BCUT2D eigenvalue weighted by molar-refractivity contribution is 5.97. The van der Waals surface area contributed by atoms with Crippen LogP contribution in [-0.4, -0.2) is 23.2 Å². The monoisotopic (exact) mass is 335 g/mol. The van der Waals surface area contributed by atoms with Crippen LogP contribution in [0.4, 0.5) is 11.4 Å². The normalized spacial score (nSPS) is 12.4. The van der Waals surface area contributed by atoms with Crippen LogP contribution in [0.5, 0.6) is 5.75 Å². The summed E-state index contributed by atoms with van der Waals surface area (Å²) in [5.41, 5.74) is 0.485. The number of carbonyl (C=O) groups excluding carboxylic acids is 1. The van der Waals surface area contributed by atoms with Gasteiger partial charge in [-0.25, -0.2) is 4.85 Å². The molecule has 1 atom stereocenters. The third kappa shape index (κ3) is 4.57. The first kappa shape index (κ1) is 18.0. The number of rotatable bonds is 5. The first-order valence-corrected chi connectivity index (χ1v) is 7.50. The molecule has 126 valence electrons. The van der Waals surface area contributed by atoms with Gasteiger partial charge in [0, 0.05) is 5.69 Å². The fourth-order valence-corrected chi connectivity index (χ4v) is 2.04. The summed E-state index contributed by atoms with van der Waals surface area (Å²) in [6.07, 6.45) is 0. The molecule has 1 amide bonds. The topological polar surface area (TPSA) is 86.7 Å². The molecule has 2 aromatic carbocycles. The molecule has 0 aliphatic heterocycles. The quantitative estimate of drug-likeness (QED) is 0.822. The number of aryl methyl sites for hydroxylation is 1. The zero-order chi connectivity index (χ0) is 18.4. The molecule has 0 radical (unpaired) electrons. The molecule has 0 heterocycles. The Labute approximate surface area is 146 Å². The first-order valence-electron chi connectivity index (χ1n) is 7.50. The van der Waals surface area contributed by atoms with Gasteiger partial charge in [-0.05, 0) is 55.8 Å². The number of nitrogens with one attached hydrogen (secondary N) is 1. The van der Waals surface area contributed by atoms with E-state index in [2.05, 4.69) is 10.2 Å². The van der Waals surface area contributed by atoms with E-state index in [4.69, 9.17) is 16.6 Å². The van der Waals surface area contributed by atoms with Crippen LogP contribution in [-0.2, 0) is 4.79 Å². The lowest BCUT2D eigenvalue weighted by molar-refractivity contribution is -0.135. The molecule has 6 nitrogen and oxygen atoms in total. The lowest BCUT2D eigenvalue weighted by Crippen LogP contribution is -2.45. The van der Waals surface area contributed by atoms with Crippen molar-refractivity contribution in [3.8, 4) is 11.8 Å². The van der Waals surface area contributed by atoms with Crippen LogP contribution < -0.4 is 10.1 Å². The minimum Gasteiger partial charge on any atom is -0.490 e. The molecule has 0 saturated carbocycles. The highest BCUT2D eigenvalue weighted by Crippen LogP contribution is 2.23. The van der Waals surface area contributed by atoms with Crippen molar-refractivity contribution < 1.29 is 14.6 Å². The minimum absolute atomic E-state index is 0.246. The molecular weight excluding hydrogens is 318 g/mol. The molecule has 0 spiro atoms. The lowest BCUT2D eigenvalue weighted by atomic mass is 10.1. The Balaban J connectivity index is 2.00. The summed E-state index contributed by atoms with van der Waals surface area (Å²) in [5.74, 6) is -0.166. The van der Waals surface area contributed by atoms with Gasteiger partial charge in [0.25, 0.3) is 5.91 Å². The number of nitrogens with zero attached hydrogens (tertiary/aromatic N) is 2. The largest absolute Gasteiger partial charge is 0.490 e. The van der Waals surface area contributed by atoms with Crippen LogP contribution in [0.3, 0.4) is 0 Å². The van der Waals surface area contributed by atoms with Gasteiger partial charge in [-0.1, -0.05) is 6.07 Å². The number of anilines is 1. The lowest BCUT2D eigenvalue weighted by Gasteiger charge is -2.22. The van der Waals surface area contributed by atoms with E-state index in [0.717, 1.165) is 5.56 Å². The molecule has 2 aromatic rings. The van der Waals surface area contributed by atoms with Gasteiger partial charge in [-0.3, -0.25) is 4.79 Å². The minimum atomic E-state index is -1.75. The average Bonchev–Trinajstić information content (AvgIpc) is 2.60. The molecule has 0 aliphatic carbocycles. The van der Waals surface area contributed by atoms with E-state index in [1.54, 1.807) is 49.4 Å². The Kier molecular flexibility index (Phi) is 5.38. The van der Waals surface area contributed by atoms with Gasteiger partial charge < -0.3 is 15.2 Å². The second-order valence-corrected chi connectivity index (χ2v) is 5.77. The molecule has 0 fully saturated rings. The highest BCUT2D eigenvalue weighted by Gasteiger charge is 2.31. The van der Waals surface area contributed by atoms with Gasteiger partial charge in [-0.2, -0.15) is 5.26 Å². The van der Waals surface area contributed by atoms with Gasteiger partial charge in [0.2, 0.25) is 0 Å². The summed E-state index contributed by atoms with van der Waals surface area (Å²) in [7, 11) is 0. The summed E-state index contributed by atoms with van der Waals surface area (Å²) < 4.78 is 5.43. The summed E-state index contributed by atoms with van der Waals surface area (Å²) in [5, 5.41) is 21.7. The maximum Gasteiger partial charge on any atom is 0.259 e. The highest BCUT2D eigenvalue weighted by atomic mass is 16.5. The molecular formula is C19H17N3O3. The second-order valence-electron chi connectivity index (χ2n) is 5.77. The fraction of sp³-hybridized carbons (Fsp3) is 0.211. The molecule has 25 heavy (non-hydrogen) atoms. The second kappa shape index (κ2) is 7.48. The van der Waals surface area contributed by atoms with Crippen molar-refractivity contribution in [2.24, 2.45) is 0 Å². The summed E-state index contributed by atoms with van der Waals surface area (Å²) in [4.78, 5) is 15.6. The van der Waals surface area contributed by atoms with Gasteiger partial charge in [0.15, 0.2) is 11.3 Å². The average molecular weight is 335 g/mol. The van der Waals surface area contributed by atoms with Crippen LogP contribution in [0.25, 0.3) is 4.85 Å². The fourth-order valence-electron chi connectivity index (χ4n) is 2.04. The van der Waals surface area contributed by atoms with Crippen molar-refractivity contribution in [3.05, 3.63) is 65.0 Å². The molecule has 0 saturated heterocycles. The van der Waals surface area contributed by atoms with Crippen LogP contribution >= 0.6 is 0 Å². The Morgan fingerprint density at radius 3 is 2.60 bits per heavy atom. The maximum atomic E-state index is 12.3. The van der Waals surface area contributed by atoms with E-state index in [-0.39, 0.29) is 6.61 Å². The molecule has 0 bridgehead atoms. The third-order valence-corrected chi connectivity index (χ3v) is 3.57. The number of amides is 1. The summed E-state index contributed by atoms with van der Waals surface area (Å²) in [6.45, 7) is 9.90. The summed E-state index contributed by atoms with van der Waals surface area (Å²) >= 11 is 0. The Bertz CT molecular complexity index is 859. The SMILES string of the molecule is [C-]#[N+]c1ccc(NC(=O)[C@@](C)(O)COc2ccc(C#N)cc2)cc1C. The van der Waals surface area contributed by atoms with Crippen molar-refractivity contribution in [2.45, 2.75) is 19.4 Å². The van der Waals surface area contributed by atoms with Crippen molar-refractivity contribution in [2.75, 3.05) is 11.9 Å². The number of carbonyl (C=O) groups is 1. The molecule has 6 heteroatoms. The number of nitriles is 1. The number of ether oxygens (including phenoxy) is 1. The number of hydrogen-bond acceptors (Lipinski definition) is 4. The van der Waals surface area contributed by atoms with Gasteiger partial charge in [-0.15, -0.1) is 0 Å². The zero-order valence-electron chi connectivity index (χ0n) is 13.9. The molecule has 0 unspecified atom stereocenters. The van der Waals surface area contributed by atoms with Crippen molar-refractivity contribution in [3.63, 3.8) is 0 Å². The smallest absolute Gasteiger partial charge is 0.259 e. The Morgan fingerprint density at radius 1 is 1.36 bits per heavy atom. The van der Waals surface area contributed by atoms with Crippen LogP contribution in [0, 0.1) is 24.8 Å². The number of aliphatic hydroxyl groups is 1.